The van der Waals surface area contributed by atoms with E-state index in [1.807, 2.05) is 13.8 Å². The third kappa shape index (κ3) is 18.7. The molecule has 0 atom stereocenters. The highest BCUT2D eigenvalue weighted by atomic mass is 32.2. The smallest absolute Gasteiger partial charge is 0.297 e. The number of aryl methyl sites for hydroxylation is 2. The van der Waals surface area contributed by atoms with Gasteiger partial charge in [-0.1, -0.05) is 35.4 Å². The molecule has 0 aliphatic heterocycles. The summed E-state index contributed by atoms with van der Waals surface area (Å²) in [7, 11) is -7.57. The lowest BCUT2D eigenvalue weighted by atomic mass is 10.2. The Labute approximate surface area is 267 Å². The summed E-state index contributed by atoms with van der Waals surface area (Å²) in [4.78, 5) is 0.238. The van der Waals surface area contributed by atoms with Crippen LogP contribution in [0.5, 0.6) is 0 Å². The Bertz CT molecular complexity index is 1140. The average molecular weight is 679 g/mol. The SMILES string of the molecule is Cc1ccc(S(=O)(=O)OCCOCCOCCOCCOCCOCCOCCOCCOS(=O)(=O)c2ccc(C)cc2)cc1. The fourth-order valence-corrected chi connectivity index (χ4v) is 5.16. The van der Waals surface area contributed by atoms with Crippen LogP contribution in [0.1, 0.15) is 11.1 Å². The van der Waals surface area contributed by atoms with Gasteiger partial charge in [-0.3, -0.25) is 8.37 Å². The van der Waals surface area contributed by atoms with Crippen molar-refractivity contribution in [3.8, 4) is 0 Å². The van der Waals surface area contributed by atoms with Gasteiger partial charge in [0.15, 0.2) is 0 Å². The Kier molecular flexibility index (Phi) is 20.3. The van der Waals surface area contributed by atoms with E-state index >= 15 is 0 Å². The summed E-state index contributed by atoms with van der Waals surface area (Å²) in [5.74, 6) is 0. The topological polar surface area (TPSA) is 151 Å². The molecule has 0 unspecified atom stereocenters. The van der Waals surface area contributed by atoms with Crippen molar-refractivity contribution in [1.29, 1.82) is 0 Å². The molecule has 0 amide bonds. The van der Waals surface area contributed by atoms with Gasteiger partial charge in [0, 0.05) is 0 Å². The van der Waals surface area contributed by atoms with E-state index < -0.39 is 20.2 Å². The van der Waals surface area contributed by atoms with Gasteiger partial charge in [0.05, 0.1) is 116 Å². The molecule has 0 radical (unpaired) electrons. The number of hydrogen-bond donors (Lipinski definition) is 0. The standard InChI is InChI=1S/C30H46O13S2/c1-27-3-7-29(8-4-27)44(31,32)42-25-23-40-21-19-38-17-15-36-13-11-35-12-14-37-16-18-39-20-22-41-24-26-43-45(33,34)30-9-5-28(2)6-10-30/h3-10H,11-26H2,1-2H3. The van der Waals surface area contributed by atoms with Gasteiger partial charge in [0.25, 0.3) is 20.2 Å². The molecule has 15 heteroatoms. The van der Waals surface area contributed by atoms with Gasteiger partial charge in [-0.15, -0.1) is 0 Å². The van der Waals surface area contributed by atoms with Crippen LogP contribution in [0.15, 0.2) is 58.3 Å². The molecular formula is C30H46O13S2. The molecule has 0 bridgehead atoms. The van der Waals surface area contributed by atoms with Crippen LogP contribution in [0.3, 0.4) is 0 Å². The van der Waals surface area contributed by atoms with Crippen molar-refractivity contribution in [2.24, 2.45) is 0 Å². The Balaban J connectivity index is 1.25. The molecule has 256 valence electrons. The molecule has 45 heavy (non-hydrogen) atoms. The van der Waals surface area contributed by atoms with E-state index in [1.54, 1.807) is 24.3 Å². The normalized spacial score (nSPS) is 12.1. The molecule has 0 saturated carbocycles. The summed E-state index contributed by atoms with van der Waals surface area (Å²) < 4.78 is 95.9. The minimum atomic E-state index is -3.78. The second-order valence-electron chi connectivity index (χ2n) is 9.46. The Hall–Kier alpha value is -2.02. The molecule has 0 heterocycles. The molecule has 2 aromatic rings. The molecule has 0 fully saturated rings. The molecule has 13 nitrogen and oxygen atoms in total. The first-order chi connectivity index (χ1) is 21.7. The largest absolute Gasteiger partial charge is 0.377 e. The van der Waals surface area contributed by atoms with E-state index in [-0.39, 0.29) is 36.2 Å². The van der Waals surface area contributed by atoms with Crippen molar-refractivity contribution in [3.63, 3.8) is 0 Å². The molecule has 0 aromatic heterocycles. The van der Waals surface area contributed by atoms with Crippen molar-refractivity contribution >= 4 is 20.2 Å². The highest BCUT2D eigenvalue weighted by Gasteiger charge is 2.15. The molecule has 0 saturated heterocycles. The third-order valence-electron chi connectivity index (χ3n) is 5.78. The van der Waals surface area contributed by atoms with E-state index in [4.69, 9.17) is 41.5 Å². The maximum atomic E-state index is 12.1. The van der Waals surface area contributed by atoms with Crippen molar-refractivity contribution in [3.05, 3.63) is 59.7 Å². The molecule has 0 aliphatic rings. The monoisotopic (exact) mass is 678 g/mol. The minimum absolute atomic E-state index is 0.0705. The summed E-state index contributed by atoms with van der Waals surface area (Å²) in [5, 5.41) is 0. The van der Waals surface area contributed by atoms with Crippen molar-refractivity contribution in [2.45, 2.75) is 23.6 Å². The van der Waals surface area contributed by atoms with Crippen LogP contribution in [0.4, 0.5) is 0 Å². The molecule has 0 N–H and O–H groups in total. The van der Waals surface area contributed by atoms with E-state index in [1.165, 1.54) is 24.3 Å². The lowest BCUT2D eigenvalue weighted by Crippen LogP contribution is -2.16. The first-order valence-corrected chi connectivity index (χ1v) is 17.5. The second-order valence-corrected chi connectivity index (χ2v) is 12.7. The maximum Gasteiger partial charge on any atom is 0.297 e. The quantitative estimate of drug-likeness (QED) is 0.0959. The molecule has 0 aliphatic carbocycles. The first-order valence-electron chi connectivity index (χ1n) is 14.7. The fraction of sp³-hybridized carbons (Fsp3) is 0.600. The highest BCUT2D eigenvalue weighted by Crippen LogP contribution is 2.14. The van der Waals surface area contributed by atoms with Gasteiger partial charge in [-0.2, -0.15) is 16.8 Å². The predicted molar refractivity (Wildman–Crippen MR) is 164 cm³/mol. The number of ether oxygens (including phenoxy) is 7. The van der Waals surface area contributed by atoms with Gasteiger partial charge < -0.3 is 33.2 Å². The van der Waals surface area contributed by atoms with Gasteiger partial charge in [0.2, 0.25) is 0 Å². The lowest BCUT2D eigenvalue weighted by molar-refractivity contribution is -0.0217. The van der Waals surface area contributed by atoms with Crippen molar-refractivity contribution in [2.75, 3.05) is 106 Å². The first kappa shape index (κ1) is 39.2. The fourth-order valence-electron chi connectivity index (χ4n) is 3.37. The number of rotatable bonds is 28. The van der Waals surface area contributed by atoms with Gasteiger partial charge in [-0.05, 0) is 38.1 Å². The van der Waals surface area contributed by atoms with E-state index in [0.29, 0.717) is 79.3 Å². The number of benzene rings is 2. The summed E-state index contributed by atoms with van der Waals surface area (Å²) in [6, 6.07) is 12.9. The Morgan fingerprint density at radius 3 is 0.778 bits per heavy atom. The average Bonchev–Trinajstić information content (AvgIpc) is 3.01. The number of hydrogen-bond acceptors (Lipinski definition) is 13. The van der Waals surface area contributed by atoms with Crippen LogP contribution < -0.4 is 0 Å². The van der Waals surface area contributed by atoms with Crippen LogP contribution in [-0.4, -0.2) is 123 Å². The minimum Gasteiger partial charge on any atom is -0.377 e. The molecular weight excluding hydrogens is 632 g/mol. The Morgan fingerprint density at radius 1 is 0.356 bits per heavy atom. The van der Waals surface area contributed by atoms with E-state index in [2.05, 4.69) is 0 Å². The maximum absolute atomic E-state index is 12.1. The zero-order chi connectivity index (χ0) is 32.6. The molecule has 2 rings (SSSR count). The predicted octanol–water partition coefficient (Wildman–Crippen LogP) is 2.53. The summed E-state index contributed by atoms with van der Waals surface area (Å²) in [6.07, 6.45) is 0. The van der Waals surface area contributed by atoms with Crippen LogP contribution in [0.2, 0.25) is 0 Å². The van der Waals surface area contributed by atoms with Crippen molar-refractivity contribution < 1.29 is 58.4 Å². The van der Waals surface area contributed by atoms with E-state index in [9.17, 15) is 16.8 Å². The third-order valence-corrected chi connectivity index (χ3v) is 8.44. The highest BCUT2D eigenvalue weighted by molar-refractivity contribution is 7.87. The molecule has 0 spiro atoms. The van der Waals surface area contributed by atoms with Crippen LogP contribution in [-0.2, 0) is 61.8 Å². The van der Waals surface area contributed by atoms with Crippen LogP contribution >= 0.6 is 0 Å². The lowest BCUT2D eigenvalue weighted by Gasteiger charge is -2.09. The zero-order valence-electron chi connectivity index (χ0n) is 26.1. The summed E-state index contributed by atoms with van der Waals surface area (Å²) in [6.45, 7) is 8.59. The summed E-state index contributed by atoms with van der Waals surface area (Å²) >= 11 is 0. The molecule has 2 aromatic carbocycles. The van der Waals surface area contributed by atoms with Crippen LogP contribution in [0, 0.1) is 13.8 Å². The van der Waals surface area contributed by atoms with E-state index in [0.717, 1.165) is 11.1 Å². The summed E-state index contributed by atoms with van der Waals surface area (Å²) in [5.41, 5.74) is 1.94. The van der Waals surface area contributed by atoms with Crippen molar-refractivity contribution in [1.82, 2.24) is 0 Å². The zero-order valence-corrected chi connectivity index (χ0v) is 27.7. The van der Waals surface area contributed by atoms with Crippen LogP contribution in [0.25, 0.3) is 0 Å². The Morgan fingerprint density at radius 2 is 0.556 bits per heavy atom. The van der Waals surface area contributed by atoms with Gasteiger partial charge in [-0.25, -0.2) is 0 Å². The second kappa shape index (κ2) is 23.3. The van der Waals surface area contributed by atoms with Gasteiger partial charge >= 0.3 is 0 Å². The van der Waals surface area contributed by atoms with Gasteiger partial charge in [0.1, 0.15) is 0 Å².